The molecular formula is C44H47F3N6O10S. The van der Waals surface area contributed by atoms with Gasteiger partial charge in [-0.3, -0.25) is 19.1 Å². The molecule has 4 amide bonds. The first-order valence-corrected chi connectivity index (χ1v) is 23.2. The van der Waals surface area contributed by atoms with Gasteiger partial charge in [0.2, 0.25) is 27.4 Å². The summed E-state index contributed by atoms with van der Waals surface area (Å²) >= 11 is 0. The fourth-order valence-corrected chi connectivity index (χ4v) is 10.1. The fraction of sp³-hybridized carbons (Fsp3) is 0.500. The first-order chi connectivity index (χ1) is 30.7. The van der Waals surface area contributed by atoms with Crippen molar-refractivity contribution < 1.29 is 59.4 Å². The lowest BCUT2D eigenvalue weighted by molar-refractivity contribution is -0.141. The topological polar surface area (TPSA) is 208 Å². The van der Waals surface area contributed by atoms with Gasteiger partial charge in [-0.2, -0.15) is 18.2 Å². The first kappa shape index (κ1) is 43.5. The number of carbonyl (C=O) groups excluding carboxylic acids is 4. The highest BCUT2D eigenvalue weighted by Crippen LogP contribution is 2.46. The first-order valence-electron chi connectivity index (χ1n) is 21.6. The van der Waals surface area contributed by atoms with E-state index in [1.807, 2.05) is 12.2 Å². The molecule has 5 atom stereocenters. The van der Waals surface area contributed by atoms with Crippen LogP contribution in [-0.4, -0.2) is 102 Å². The van der Waals surface area contributed by atoms with Crippen LogP contribution in [0, 0.1) is 5.92 Å². The van der Waals surface area contributed by atoms with E-state index in [1.54, 1.807) is 24.3 Å². The Kier molecular flexibility index (Phi) is 11.8. The standard InChI is InChI=1S/C44H47F3N6O10S/c45-44(46,47)26-14-12-25(13-15-26)37-49-35-31-9-6-7-11-34(31)63-36(35)39(50-37)61-29-22-33-38(54)51-43(41(56)52-64(58,59)30-16-17-30)23-27(43)8-4-2-1-3-5-10-32(40(55)53(33)24-29)48-42(57)62-28-18-20-60-21-19-28/h4,6-9,11-15,27-30,32-33H,1-3,5,10,16-24H2,(H,48,57)(H,51,54)(H,52,56)/b8-4-/t27-,29-,32+,33+,43-/m1/s1. The summed E-state index contributed by atoms with van der Waals surface area (Å²) in [6.45, 7) is 0.641. The molecule has 0 radical (unpaired) electrons. The van der Waals surface area contributed by atoms with Crippen LogP contribution in [0.4, 0.5) is 18.0 Å². The van der Waals surface area contributed by atoms with Gasteiger partial charge in [0.05, 0.1) is 30.6 Å². The van der Waals surface area contributed by atoms with Gasteiger partial charge in [0.1, 0.15) is 40.9 Å². The number of amides is 4. The second-order valence-electron chi connectivity index (χ2n) is 17.1. The van der Waals surface area contributed by atoms with Gasteiger partial charge in [-0.15, -0.1) is 0 Å². The lowest BCUT2D eigenvalue weighted by atomic mass is 10.0. The number of sulfonamides is 1. The molecule has 2 aliphatic carbocycles. The van der Waals surface area contributed by atoms with Crippen LogP contribution in [0.5, 0.6) is 5.88 Å². The Morgan fingerprint density at radius 3 is 2.45 bits per heavy atom. The highest BCUT2D eigenvalue weighted by atomic mass is 32.2. The number of halogens is 3. The van der Waals surface area contributed by atoms with Crippen molar-refractivity contribution in [3.63, 3.8) is 0 Å². The maximum absolute atomic E-state index is 14.8. The minimum absolute atomic E-state index is 0.0266. The Morgan fingerprint density at radius 1 is 0.938 bits per heavy atom. The number of fused-ring (bicyclic) bond motifs is 5. The molecule has 0 bridgehead atoms. The molecular weight excluding hydrogens is 862 g/mol. The van der Waals surface area contributed by atoms with Gasteiger partial charge in [0, 0.05) is 36.1 Å². The number of hydrogen-bond acceptors (Lipinski definition) is 12. The molecule has 4 aromatic rings. The molecule has 2 saturated carbocycles. The molecule has 9 rings (SSSR count). The van der Waals surface area contributed by atoms with Gasteiger partial charge in [-0.25, -0.2) is 18.2 Å². The monoisotopic (exact) mass is 908 g/mol. The number of benzene rings is 2. The largest absolute Gasteiger partial charge is 0.470 e. The minimum atomic E-state index is -4.57. The van der Waals surface area contributed by atoms with Crippen LogP contribution in [0.2, 0.25) is 0 Å². The summed E-state index contributed by atoms with van der Waals surface area (Å²) in [5.74, 6) is -2.80. The van der Waals surface area contributed by atoms with E-state index in [-0.39, 0.29) is 48.7 Å². The normalized spacial score (nSPS) is 26.5. The molecule has 2 saturated heterocycles. The van der Waals surface area contributed by atoms with Crippen molar-refractivity contribution in [3.05, 3.63) is 66.2 Å². The SMILES string of the molecule is O=C(N[C@H]1CCCCC/C=C\[C@@H]2C[C@@]2(C(=O)NS(=O)(=O)C2CC2)NC(=O)[C@@H]2C[C@@H](Oc3nc(-c4ccc(C(F)(F)F)cc4)nc4c3oc3ccccc34)CN2C1=O)OC1CCOCC1. The summed E-state index contributed by atoms with van der Waals surface area (Å²) in [5.41, 5.74) is -1.36. The zero-order valence-electron chi connectivity index (χ0n) is 34.6. The number of furan rings is 1. The van der Waals surface area contributed by atoms with E-state index < -0.39 is 86.6 Å². The van der Waals surface area contributed by atoms with Crippen molar-refractivity contribution in [1.29, 1.82) is 0 Å². The van der Waals surface area contributed by atoms with Crippen molar-refractivity contribution in [2.75, 3.05) is 19.8 Å². The Balaban J connectivity index is 1.05. The molecule has 2 aromatic carbocycles. The van der Waals surface area contributed by atoms with Gasteiger partial charge >= 0.3 is 12.3 Å². The second kappa shape index (κ2) is 17.3. The Bertz CT molecular complexity index is 2600. The molecule has 3 aliphatic heterocycles. The number of alkyl carbamates (subject to hydrolysis) is 1. The smallest absolute Gasteiger partial charge is 0.416 e. The Hall–Kier alpha value is -5.76. The van der Waals surface area contributed by atoms with Gasteiger partial charge in [-0.05, 0) is 62.8 Å². The summed E-state index contributed by atoms with van der Waals surface area (Å²) in [4.78, 5) is 67.2. The van der Waals surface area contributed by atoms with Gasteiger partial charge < -0.3 is 34.2 Å². The molecule has 16 nitrogen and oxygen atoms in total. The lowest BCUT2D eigenvalue weighted by Gasteiger charge is -2.30. The highest BCUT2D eigenvalue weighted by Gasteiger charge is 2.62. The second-order valence-corrected chi connectivity index (χ2v) is 19.1. The number of alkyl halides is 3. The van der Waals surface area contributed by atoms with E-state index in [0.29, 0.717) is 74.6 Å². The average Bonchev–Trinajstić information content (AvgIpc) is 4.17. The molecule has 340 valence electrons. The number of aromatic nitrogens is 2. The average molecular weight is 909 g/mol. The molecule has 3 N–H and O–H groups in total. The van der Waals surface area contributed by atoms with E-state index in [9.17, 15) is 40.8 Å². The van der Waals surface area contributed by atoms with E-state index in [1.165, 1.54) is 17.0 Å². The number of allylic oxidation sites excluding steroid dienone is 1. The predicted octanol–water partition coefficient (Wildman–Crippen LogP) is 5.69. The zero-order valence-corrected chi connectivity index (χ0v) is 35.4. The molecule has 5 heterocycles. The molecule has 0 unspecified atom stereocenters. The molecule has 2 aromatic heterocycles. The summed E-state index contributed by atoms with van der Waals surface area (Å²) in [6.07, 6.45) is 1.59. The number of para-hydroxylation sites is 1. The maximum atomic E-state index is 14.8. The lowest BCUT2D eigenvalue weighted by Crippen LogP contribution is -2.58. The van der Waals surface area contributed by atoms with E-state index in [2.05, 4.69) is 25.3 Å². The summed E-state index contributed by atoms with van der Waals surface area (Å²) < 4.78 is 92.3. The fourth-order valence-electron chi connectivity index (χ4n) is 8.71. The van der Waals surface area contributed by atoms with Crippen LogP contribution < -0.4 is 20.1 Å². The van der Waals surface area contributed by atoms with Gasteiger partial charge in [-0.1, -0.05) is 49.3 Å². The number of hydrogen-bond donors (Lipinski definition) is 3. The van der Waals surface area contributed by atoms with Crippen molar-refractivity contribution in [3.8, 4) is 17.3 Å². The third kappa shape index (κ3) is 9.11. The van der Waals surface area contributed by atoms with Gasteiger partial charge in [0.25, 0.3) is 11.8 Å². The molecule has 5 aliphatic rings. The zero-order chi connectivity index (χ0) is 44.8. The van der Waals surface area contributed by atoms with E-state index in [0.717, 1.165) is 18.6 Å². The van der Waals surface area contributed by atoms with Crippen molar-refractivity contribution in [2.45, 2.75) is 112 Å². The number of ether oxygens (including phenoxy) is 3. The third-order valence-corrected chi connectivity index (χ3v) is 14.3. The molecule has 0 spiro atoms. The molecule has 4 fully saturated rings. The van der Waals surface area contributed by atoms with E-state index in [4.69, 9.17) is 18.6 Å². The van der Waals surface area contributed by atoms with Crippen molar-refractivity contribution in [1.82, 2.24) is 30.2 Å². The Labute approximate surface area is 365 Å². The minimum Gasteiger partial charge on any atom is -0.470 e. The predicted molar refractivity (Wildman–Crippen MR) is 223 cm³/mol. The summed E-state index contributed by atoms with van der Waals surface area (Å²) in [7, 11) is -3.98. The van der Waals surface area contributed by atoms with Crippen LogP contribution in [0.3, 0.4) is 0 Å². The van der Waals surface area contributed by atoms with Crippen molar-refractivity contribution >= 4 is 55.9 Å². The maximum Gasteiger partial charge on any atom is 0.416 e. The number of nitrogens with zero attached hydrogens (tertiary/aromatic N) is 3. The van der Waals surface area contributed by atoms with E-state index >= 15 is 0 Å². The Morgan fingerprint density at radius 2 is 1.70 bits per heavy atom. The third-order valence-electron chi connectivity index (χ3n) is 12.5. The van der Waals surface area contributed by atoms with Crippen LogP contribution in [0.15, 0.2) is 65.1 Å². The number of rotatable bonds is 8. The van der Waals surface area contributed by atoms with Crippen LogP contribution in [0.1, 0.15) is 76.2 Å². The van der Waals surface area contributed by atoms with Crippen molar-refractivity contribution in [2.24, 2.45) is 5.92 Å². The number of carbonyl (C=O) groups is 4. The van der Waals surface area contributed by atoms with Crippen LogP contribution in [-0.2, 0) is 40.1 Å². The highest BCUT2D eigenvalue weighted by molar-refractivity contribution is 7.91. The summed E-state index contributed by atoms with van der Waals surface area (Å²) in [5, 5.41) is 5.46. The molecule has 64 heavy (non-hydrogen) atoms. The van der Waals surface area contributed by atoms with Crippen LogP contribution >= 0.6 is 0 Å². The summed E-state index contributed by atoms with van der Waals surface area (Å²) in [6, 6.07) is 8.90. The van der Waals surface area contributed by atoms with Gasteiger partial charge in [0.15, 0.2) is 5.82 Å². The quantitative estimate of drug-likeness (QED) is 0.182. The number of nitrogens with one attached hydrogen (secondary N) is 3. The van der Waals surface area contributed by atoms with Crippen LogP contribution in [0.25, 0.3) is 33.5 Å². The molecule has 20 heteroatoms.